The van der Waals surface area contributed by atoms with Crippen molar-refractivity contribution < 1.29 is 9.13 Å². The minimum Gasteiger partial charge on any atom is -0.378 e. The molecule has 0 spiro atoms. The molecule has 0 amide bonds. The predicted octanol–water partition coefficient (Wildman–Crippen LogP) is 0.0721. The molecule has 3 heteroatoms. The maximum absolute atomic E-state index is 12.3. The van der Waals surface area contributed by atoms with Gasteiger partial charge in [0, 0.05) is 12.6 Å². The van der Waals surface area contributed by atoms with Crippen molar-refractivity contribution in [2.45, 2.75) is 18.6 Å². The SMILES string of the molecule is N[C@@H]1CCOC[C@H]1F. The lowest BCUT2D eigenvalue weighted by Crippen LogP contribution is -2.39. The highest BCUT2D eigenvalue weighted by Crippen LogP contribution is 2.07. The first-order valence-corrected chi connectivity index (χ1v) is 2.78. The molecule has 0 saturated carbocycles. The molecule has 2 nitrogen and oxygen atoms in total. The quantitative estimate of drug-likeness (QED) is 0.490. The second kappa shape index (κ2) is 2.42. The molecule has 0 radical (unpaired) electrons. The normalized spacial score (nSPS) is 39.8. The van der Waals surface area contributed by atoms with Crippen LogP contribution in [0.3, 0.4) is 0 Å². The van der Waals surface area contributed by atoms with Gasteiger partial charge < -0.3 is 10.5 Å². The van der Waals surface area contributed by atoms with Crippen molar-refractivity contribution in [3.05, 3.63) is 0 Å². The molecule has 1 heterocycles. The van der Waals surface area contributed by atoms with Crippen LogP contribution in [0.4, 0.5) is 4.39 Å². The van der Waals surface area contributed by atoms with Gasteiger partial charge in [-0.1, -0.05) is 0 Å². The zero-order chi connectivity index (χ0) is 5.98. The summed E-state index contributed by atoms with van der Waals surface area (Å²) in [7, 11) is 0. The predicted molar refractivity (Wildman–Crippen MR) is 28.3 cm³/mol. The third kappa shape index (κ3) is 1.17. The fourth-order valence-electron chi connectivity index (χ4n) is 0.720. The fourth-order valence-corrected chi connectivity index (χ4v) is 0.720. The van der Waals surface area contributed by atoms with E-state index in [0.717, 1.165) is 0 Å². The third-order valence-electron chi connectivity index (χ3n) is 1.34. The van der Waals surface area contributed by atoms with Crippen LogP contribution >= 0.6 is 0 Å². The monoisotopic (exact) mass is 119 g/mol. The van der Waals surface area contributed by atoms with Gasteiger partial charge in [-0.25, -0.2) is 4.39 Å². The van der Waals surface area contributed by atoms with Crippen LogP contribution in [0.15, 0.2) is 0 Å². The molecular formula is C5H10FNO. The summed E-state index contributed by atoms with van der Waals surface area (Å²) in [6.45, 7) is 0.794. The highest BCUT2D eigenvalue weighted by molar-refractivity contribution is 4.74. The first-order valence-electron chi connectivity index (χ1n) is 2.78. The number of rotatable bonds is 0. The van der Waals surface area contributed by atoms with Crippen molar-refractivity contribution in [3.8, 4) is 0 Å². The number of nitrogens with two attached hydrogens (primary N) is 1. The highest BCUT2D eigenvalue weighted by Gasteiger charge is 2.20. The maximum Gasteiger partial charge on any atom is 0.138 e. The Labute approximate surface area is 47.8 Å². The minimum atomic E-state index is -0.941. The van der Waals surface area contributed by atoms with Crippen molar-refractivity contribution in [2.75, 3.05) is 13.2 Å². The van der Waals surface area contributed by atoms with E-state index in [9.17, 15) is 4.39 Å². The van der Waals surface area contributed by atoms with Crippen LogP contribution in [0.1, 0.15) is 6.42 Å². The maximum atomic E-state index is 12.3. The summed E-state index contributed by atoms with van der Waals surface area (Å²) in [6.07, 6.45) is -0.287. The van der Waals surface area contributed by atoms with Crippen LogP contribution in [0.25, 0.3) is 0 Å². The number of hydrogen-bond acceptors (Lipinski definition) is 2. The van der Waals surface area contributed by atoms with E-state index in [4.69, 9.17) is 10.5 Å². The molecule has 0 aromatic rings. The van der Waals surface area contributed by atoms with Crippen molar-refractivity contribution >= 4 is 0 Å². The van der Waals surface area contributed by atoms with Crippen LogP contribution in [0, 0.1) is 0 Å². The average molecular weight is 119 g/mol. The summed E-state index contributed by atoms with van der Waals surface area (Å²) >= 11 is 0. The van der Waals surface area contributed by atoms with Crippen molar-refractivity contribution in [1.29, 1.82) is 0 Å². The second-order valence-corrected chi connectivity index (χ2v) is 2.04. The molecule has 1 fully saturated rings. The number of alkyl halides is 1. The smallest absolute Gasteiger partial charge is 0.138 e. The molecule has 0 unspecified atom stereocenters. The summed E-state index contributed by atoms with van der Waals surface area (Å²) < 4.78 is 17.1. The Morgan fingerprint density at radius 3 is 2.75 bits per heavy atom. The molecule has 2 atom stereocenters. The first-order chi connectivity index (χ1) is 3.80. The van der Waals surface area contributed by atoms with Crippen LogP contribution in [0.2, 0.25) is 0 Å². The number of halogens is 1. The molecule has 0 aromatic heterocycles. The van der Waals surface area contributed by atoms with Crippen LogP contribution in [-0.2, 0) is 4.74 Å². The second-order valence-electron chi connectivity index (χ2n) is 2.04. The Hall–Kier alpha value is -0.150. The van der Waals surface area contributed by atoms with Gasteiger partial charge in [0.05, 0.1) is 6.61 Å². The van der Waals surface area contributed by atoms with Crippen molar-refractivity contribution in [2.24, 2.45) is 5.73 Å². The largest absolute Gasteiger partial charge is 0.378 e. The molecule has 0 bridgehead atoms. The van der Waals surface area contributed by atoms with Crippen LogP contribution < -0.4 is 5.73 Å². The molecule has 8 heavy (non-hydrogen) atoms. The summed E-state index contributed by atoms with van der Waals surface area (Å²) in [5, 5.41) is 0. The molecule has 0 aromatic carbocycles. The van der Waals surface area contributed by atoms with Gasteiger partial charge in [0.25, 0.3) is 0 Å². The third-order valence-corrected chi connectivity index (χ3v) is 1.34. The van der Waals surface area contributed by atoms with E-state index in [1.807, 2.05) is 0 Å². The standard InChI is InChI=1S/C5H10FNO/c6-4-3-8-2-1-5(4)7/h4-5H,1-3,7H2/t4-,5-/m1/s1. The summed E-state index contributed by atoms with van der Waals surface area (Å²) in [6, 6.07) is -0.288. The molecule has 1 aliphatic heterocycles. The summed E-state index contributed by atoms with van der Waals surface area (Å²) in [5.74, 6) is 0. The van der Waals surface area contributed by atoms with Gasteiger partial charge in [-0.15, -0.1) is 0 Å². The Kier molecular flexibility index (Phi) is 1.81. The van der Waals surface area contributed by atoms with Crippen LogP contribution in [-0.4, -0.2) is 25.4 Å². The zero-order valence-corrected chi connectivity index (χ0v) is 4.64. The lowest BCUT2D eigenvalue weighted by molar-refractivity contribution is 0.0238. The van der Waals surface area contributed by atoms with Gasteiger partial charge in [0.2, 0.25) is 0 Å². The van der Waals surface area contributed by atoms with Gasteiger partial charge in [-0.3, -0.25) is 0 Å². The number of hydrogen-bond donors (Lipinski definition) is 1. The van der Waals surface area contributed by atoms with E-state index >= 15 is 0 Å². The van der Waals surface area contributed by atoms with Gasteiger partial charge >= 0.3 is 0 Å². The van der Waals surface area contributed by atoms with E-state index in [1.54, 1.807) is 0 Å². The van der Waals surface area contributed by atoms with Gasteiger partial charge in [0.15, 0.2) is 0 Å². The van der Waals surface area contributed by atoms with Gasteiger partial charge in [-0.05, 0) is 6.42 Å². The summed E-state index contributed by atoms with van der Waals surface area (Å²) in [4.78, 5) is 0. The van der Waals surface area contributed by atoms with Crippen molar-refractivity contribution in [3.63, 3.8) is 0 Å². The minimum absolute atomic E-state index is 0.182. The lowest BCUT2D eigenvalue weighted by atomic mass is 10.1. The lowest BCUT2D eigenvalue weighted by Gasteiger charge is -2.21. The number of ether oxygens (including phenoxy) is 1. The molecule has 1 aliphatic rings. The Balaban J connectivity index is 2.28. The Morgan fingerprint density at radius 2 is 2.38 bits per heavy atom. The van der Waals surface area contributed by atoms with E-state index < -0.39 is 6.17 Å². The van der Waals surface area contributed by atoms with Gasteiger partial charge in [-0.2, -0.15) is 0 Å². The topological polar surface area (TPSA) is 35.2 Å². The average Bonchev–Trinajstić information content (AvgIpc) is 1.77. The van der Waals surface area contributed by atoms with E-state index in [2.05, 4.69) is 0 Å². The van der Waals surface area contributed by atoms with Gasteiger partial charge in [0.1, 0.15) is 6.17 Å². The molecule has 1 saturated heterocycles. The van der Waals surface area contributed by atoms with E-state index in [1.165, 1.54) is 0 Å². The molecule has 48 valence electrons. The molecular weight excluding hydrogens is 109 g/mol. The van der Waals surface area contributed by atoms with Crippen molar-refractivity contribution in [1.82, 2.24) is 0 Å². The van der Waals surface area contributed by atoms with Crippen LogP contribution in [0.5, 0.6) is 0 Å². The fraction of sp³-hybridized carbons (Fsp3) is 1.00. The molecule has 1 rings (SSSR count). The summed E-state index contributed by atoms with van der Waals surface area (Å²) in [5.41, 5.74) is 5.32. The highest BCUT2D eigenvalue weighted by atomic mass is 19.1. The molecule has 0 aliphatic carbocycles. The first kappa shape index (κ1) is 5.98. The van der Waals surface area contributed by atoms with E-state index in [0.29, 0.717) is 13.0 Å². The Bertz CT molecular complexity index is 68.8. The van der Waals surface area contributed by atoms with E-state index in [-0.39, 0.29) is 12.6 Å². The zero-order valence-electron chi connectivity index (χ0n) is 4.64. The molecule has 2 N–H and O–H groups in total. The Morgan fingerprint density at radius 1 is 1.62 bits per heavy atom.